The van der Waals surface area contributed by atoms with Gasteiger partial charge in [-0.25, -0.2) is 4.98 Å². The van der Waals surface area contributed by atoms with Gasteiger partial charge in [0.05, 0.1) is 5.52 Å². The van der Waals surface area contributed by atoms with Crippen molar-refractivity contribution < 1.29 is 0 Å². The van der Waals surface area contributed by atoms with Gasteiger partial charge in [-0.1, -0.05) is 18.2 Å². The highest BCUT2D eigenvalue weighted by Gasteiger charge is 2.21. The minimum atomic E-state index is 0.670. The van der Waals surface area contributed by atoms with Gasteiger partial charge in [-0.05, 0) is 31.0 Å². The molecule has 2 aromatic rings. The lowest BCUT2D eigenvalue weighted by Crippen LogP contribution is -2.02. The summed E-state index contributed by atoms with van der Waals surface area (Å²) in [6, 6.07) is 13.0. The Hall–Kier alpha value is -1.57. The Morgan fingerprint density at radius 2 is 1.93 bits per heavy atom. The number of anilines is 1. The highest BCUT2D eigenvalue weighted by Crippen LogP contribution is 2.24. The van der Waals surface area contributed by atoms with Crippen LogP contribution in [-0.4, -0.2) is 11.0 Å². The Morgan fingerprint density at radius 3 is 2.79 bits per heavy atom. The predicted octanol–water partition coefficient (Wildman–Crippen LogP) is 2.81. The van der Waals surface area contributed by atoms with Crippen LogP contribution >= 0.6 is 0 Å². The molecule has 1 fully saturated rings. The van der Waals surface area contributed by atoms with E-state index in [0.29, 0.717) is 6.04 Å². The number of pyridine rings is 1. The standard InChI is InChI=1S/C12H12N2/c1-2-4-11-9(3-1)5-8-12(14-11)13-10-6-7-10/h1-5,8,10H,6-7H2,(H,13,14). The van der Waals surface area contributed by atoms with Crippen molar-refractivity contribution in [3.8, 4) is 0 Å². The molecule has 0 atom stereocenters. The van der Waals surface area contributed by atoms with Crippen molar-refractivity contribution in [3.05, 3.63) is 36.4 Å². The molecule has 1 N–H and O–H groups in total. The molecule has 1 heterocycles. The molecule has 0 unspecified atom stereocenters. The maximum atomic E-state index is 4.54. The van der Waals surface area contributed by atoms with E-state index in [1.165, 1.54) is 18.2 Å². The van der Waals surface area contributed by atoms with Crippen molar-refractivity contribution in [1.29, 1.82) is 0 Å². The van der Waals surface area contributed by atoms with Gasteiger partial charge in [-0.15, -0.1) is 0 Å². The monoisotopic (exact) mass is 184 g/mol. The van der Waals surface area contributed by atoms with Crippen LogP contribution in [0.2, 0.25) is 0 Å². The largest absolute Gasteiger partial charge is 0.367 e. The van der Waals surface area contributed by atoms with E-state index in [4.69, 9.17) is 0 Å². The summed E-state index contributed by atoms with van der Waals surface area (Å²) in [4.78, 5) is 4.54. The Kier molecular flexibility index (Phi) is 1.66. The number of rotatable bonds is 2. The molecular weight excluding hydrogens is 172 g/mol. The van der Waals surface area contributed by atoms with Crippen molar-refractivity contribution in [2.24, 2.45) is 0 Å². The first-order valence-electron chi connectivity index (χ1n) is 5.04. The summed E-state index contributed by atoms with van der Waals surface area (Å²) >= 11 is 0. The molecule has 1 saturated carbocycles. The molecule has 1 aromatic heterocycles. The number of nitrogens with one attached hydrogen (secondary N) is 1. The van der Waals surface area contributed by atoms with Crippen molar-refractivity contribution in [1.82, 2.24) is 4.98 Å². The normalized spacial score (nSPS) is 15.7. The fourth-order valence-electron chi connectivity index (χ4n) is 1.58. The lowest BCUT2D eigenvalue weighted by atomic mass is 10.2. The lowest BCUT2D eigenvalue weighted by Gasteiger charge is -2.04. The number of benzene rings is 1. The average Bonchev–Trinajstić information content (AvgIpc) is 3.02. The van der Waals surface area contributed by atoms with Crippen molar-refractivity contribution >= 4 is 16.7 Å². The maximum absolute atomic E-state index is 4.54. The molecular formula is C12H12N2. The van der Waals surface area contributed by atoms with Crippen LogP contribution in [0.1, 0.15) is 12.8 Å². The van der Waals surface area contributed by atoms with E-state index in [0.717, 1.165) is 11.3 Å². The molecule has 0 spiro atoms. The second-order valence-electron chi connectivity index (χ2n) is 3.81. The fourth-order valence-corrected chi connectivity index (χ4v) is 1.58. The van der Waals surface area contributed by atoms with E-state index in [9.17, 15) is 0 Å². The topological polar surface area (TPSA) is 24.9 Å². The zero-order valence-electron chi connectivity index (χ0n) is 7.90. The molecule has 0 bridgehead atoms. The summed E-state index contributed by atoms with van der Waals surface area (Å²) in [5.74, 6) is 1.01. The summed E-state index contributed by atoms with van der Waals surface area (Å²) < 4.78 is 0. The van der Waals surface area contributed by atoms with E-state index < -0.39 is 0 Å². The number of hydrogen-bond donors (Lipinski definition) is 1. The molecule has 0 aliphatic heterocycles. The van der Waals surface area contributed by atoms with Crippen LogP contribution in [0.5, 0.6) is 0 Å². The minimum absolute atomic E-state index is 0.670. The Morgan fingerprint density at radius 1 is 1.07 bits per heavy atom. The van der Waals surface area contributed by atoms with Crippen LogP contribution in [-0.2, 0) is 0 Å². The molecule has 0 amide bonds. The van der Waals surface area contributed by atoms with Gasteiger partial charge in [0, 0.05) is 11.4 Å². The molecule has 70 valence electrons. The Bertz CT molecular complexity index is 461. The van der Waals surface area contributed by atoms with E-state index in [1.54, 1.807) is 0 Å². The van der Waals surface area contributed by atoms with Gasteiger partial charge >= 0.3 is 0 Å². The molecule has 2 nitrogen and oxygen atoms in total. The third kappa shape index (κ3) is 1.43. The number of fused-ring (bicyclic) bond motifs is 1. The van der Waals surface area contributed by atoms with Crippen molar-refractivity contribution in [2.45, 2.75) is 18.9 Å². The van der Waals surface area contributed by atoms with Crippen LogP contribution in [0.4, 0.5) is 5.82 Å². The fraction of sp³-hybridized carbons (Fsp3) is 0.250. The third-order valence-corrected chi connectivity index (χ3v) is 2.53. The second kappa shape index (κ2) is 2.98. The van der Waals surface area contributed by atoms with E-state index >= 15 is 0 Å². The SMILES string of the molecule is c1ccc2nc(NC3CC3)ccc2c1. The van der Waals surface area contributed by atoms with Crippen molar-refractivity contribution in [3.63, 3.8) is 0 Å². The Balaban J connectivity index is 2.01. The highest BCUT2D eigenvalue weighted by molar-refractivity contribution is 5.80. The lowest BCUT2D eigenvalue weighted by molar-refractivity contribution is 1.12. The summed E-state index contributed by atoms with van der Waals surface area (Å²) in [6.07, 6.45) is 2.57. The van der Waals surface area contributed by atoms with Gasteiger partial charge in [-0.3, -0.25) is 0 Å². The number of hydrogen-bond acceptors (Lipinski definition) is 2. The molecule has 14 heavy (non-hydrogen) atoms. The van der Waals surface area contributed by atoms with Crippen molar-refractivity contribution in [2.75, 3.05) is 5.32 Å². The van der Waals surface area contributed by atoms with Crippen LogP contribution in [0.3, 0.4) is 0 Å². The molecule has 0 saturated heterocycles. The van der Waals surface area contributed by atoms with Crippen LogP contribution < -0.4 is 5.32 Å². The molecule has 1 aliphatic carbocycles. The average molecular weight is 184 g/mol. The van der Waals surface area contributed by atoms with Crippen LogP contribution in [0.15, 0.2) is 36.4 Å². The zero-order chi connectivity index (χ0) is 9.38. The smallest absolute Gasteiger partial charge is 0.126 e. The van der Waals surface area contributed by atoms with Gasteiger partial charge in [0.15, 0.2) is 0 Å². The molecule has 2 heteroatoms. The second-order valence-corrected chi connectivity index (χ2v) is 3.81. The quantitative estimate of drug-likeness (QED) is 0.776. The van der Waals surface area contributed by atoms with E-state index in [-0.39, 0.29) is 0 Å². The predicted molar refractivity (Wildman–Crippen MR) is 58.4 cm³/mol. The first kappa shape index (κ1) is 7.80. The van der Waals surface area contributed by atoms with Crippen LogP contribution in [0.25, 0.3) is 10.9 Å². The van der Waals surface area contributed by atoms with Gasteiger partial charge in [0.1, 0.15) is 5.82 Å². The zero-order valence-corrected chi connectivity index (χ0v) is 7.90. The molecule has 1 aromatic carbocycles. The van der Waals surface area contributed by atoms with Gasteiger partial charge < -0.3 is 5.32 Å². The first-order chi connectivity index (χ1) is 6.92. The summed E-state index contributed by atoms with van der Waals surface area (Å²) in [5, 5.41) is 4.60. The summed E-state index contributed by atoms with van der Waals surface area (Å²) in [6.45, 7) is 0. The van der Waals surface area contributed by atoms with Gasteiger partial charge in [0.25, 0.3) is 0 Å². The molecule has 1 aliphatic rings. The van der Waals surface area contributed by atoms with Gasteiger partial charge in [-0.2, -0.15) is 0 Å². The van der Waals surface area contributed by atoms with E-state index in [2.05, 4.69) is 28.5 Å². The summed E-state index contributed by atoms with van der Waals surface area (Å²) in [5.41, 5.74) is 1.07. The first-order valence-corrected chi connectivity index (χ1v) is 5.04. The van der Waals surface area contributed by atoms with E-state index in [1.807, 2.05) is 18.2 Å². The number of aromatic nitrogens is 1. The number of nitrogens with zero attached hydrogens (tertiary/aromatic N) is 1. The van der Waals surface area contributed by atoms with Gasteiger partial charge in [0.2, 0.25) is 0 Å². The highest BCUT2D eigenvalue weighted by atomic mass is 15.0. The number of para-hydroxylation sites is 1. The van der Waals surface area contributed by atoms with Crippen LogP contribution in [0, 0.1) is 0 Å². The maximum Gasteiger partial charge on any atom is 0.126 e. The minimum Gasteiger partial charge on any atom is -0.367 e. The summed E-state index contributed by atoms with van der Waals surface area (Å²) in [7, 11) is 0. The molecule has 3 rings (SSSR count). The third-order valence-electron chi connectivity index (χ3n) is 2.53. The molecule has 0 radical (unpaired) electrons. The Labute approximate surface area is 83.0 Å².